The zero-order valence-electron chi connectivity index (χ0n) is 12.5. The molecule has 2 N–H and O–H groups in total. The first kappa shape index (κ1) is 15.5. The molecule has 0 aromatic heterocycles. The molecule has 112 valence electrons. The molecule has 0 amide bonds. The minimum Gasteiger partial charge on any atom is -0.399 e. The maximum atomic E-state index is 12.6. The monoisotopic (exact) mass is 304 g/mol. The van der Waals surface area contributed by atoms with Gasteiger partial charge in [-0.05, 0) is 48.7 Å². The molecule has 5 heteroatoms. The van der Waals surface area contributed by atoms with E-state index < -0.39 is 10.0 Å². The Bertz CT molecular complexity index is 755. The van der Waals surface area contributed by atoms with E-state index in [4.69, 9.17) is 5.73 Å². The first-order chi connectivity index (χ1) is 9.82. The fourth-order valence-electron chi connectivity index (χ4n) is 2.10. The molecule has 0 saturated heterocycles. The highest BCUT2D eigenvalue weighted by Crippen LogP contribution is 2.21. The van der Waals surface area contributed by atoms with E-state index in [1.54, 1.807) is 32.2 Å². The number of nitrogens with zero attached hydrogens (tertiary/aromatic N) is 1. The summed E-state index contributed by atoms with van der Waals surface area (Å²) in [7, 11) is -1.92. The highest BCUT2D eigenvalue weighted by molar-refractivity contribution is 7.89. The van der Waals surface area contributed by atoms with Crippen molar-refractivity contribution in [3.05, 3.63) is 59.2 Å². The maximum Gasteiger partial charge on any atom is 0.243 e. The summed E-state index contributed by atoms with van der Waals surface area (Å²) in [6.45, 7) is 4.12. The SMILES string of the molecule is Cc1cc(S(=O)(=O)N(C)Cc2ccccc2C)ccc1N. The zero-order chi connectivity index (χ0) is 15.6. The van der Waals surface area contributed by atoms with Crippen molar-refractivity contribution in [3.8, 4) is 0 Å². The van der Waals surface area contributed by atoms with Crippen LogP contribution in [0, 0.1) is 13.8 Å². The van der Waals surface area contributed by atoms with Gasteiger partial charge in [0.05, 0.1) is 4.90 Å². The van der Waals surface area contributed by atoms with Crippen LogP contribution in [-0.4, -0.2) is 19.8 Å². The van der Waals surface area contributed by atoms with Crippen LogP contribution >= 0.6 is 0 Å². The van der Waals surface area contributed by atoms with Crippen LogP contribution in [0.3, 0.4) is 0 Å². The van der Waals surface area contributed by atoms with Crippen LogP contribution in [0.1, 0.15) is 16.7 Å². The Labute approximate surface area is 126 Å². The van der Waals surface area contributed by atoms with Gasteiger partial charge in [-0.1, -0.05) is 24.3 Å². The van der Waals surface area contributed by atoms with Crippen LogP contribution in [0.2, 0.25) is 0 Å². The molecule has 0 fully saturated rings. The zero-order valence-corrected chi connectivity index (χ0v) is 13.3. The molecular weight excluding hydrogens is 284 g/mol. The van der Waals surface area contributed by atoms with E-state index in [2.05, 4.69) is 0 Å². The number of sulfonamides is 1. The first-order valence-corrected chi connectivity index (χ1v) is 8.13. The molecule has 0 aliphatic carbocycles. The van der Waals surface area contributed by atoms with E-state index in [0.29, 0.717) is 12.2 Å². The Hall–Kier alpha value is -1.85. The van der Waals surface area contributed by atoms with Gasteiger partial charge >= 0.3 is 0 Å². The minimum atomic E-state index is -3.52. The number of aryl methyl sites for hydroxylation is 2. The van der Waals surface area contributed by atoms with Crippen molar-refractivity contribution in [2.24, 2.45) is 0 Å². The minimum absolute atomic E-state index is 0.269. The number of benzene rings is 2. The summed E-state index contributed by atoms with van der Waals surface area (Å²) < 4.78 is 26.6. The lowest BCUT2D eigenvalue weighted by Crippen LogP contribution is -2.27. The van der Waals surface area contributed by atoms with Crippen LogP contribution in [0.15, 0.2) is 47.4 Å². The molecule has 0 saturated carbocycles. The fraction of sp³-hybridized carbons (Fsp3) is 0.250. The molecule has 0 aliphatic heterocycles. The molecule has 21 heavy (non-hydrogen) atoms. The van der Waals surface area contributed by atoms with Gasteiger partial charge in [0.2, 0.25) is 10.0 Å². The number of nitrogens with two attached hydrogens (primary N) is 1. The second-order valence-corrected chi connectivity index (χ2v) is 7.25. The van der Waals surface area contributed by atoms with Gasteiger partial charge in [0.1, 0.15) is 0 Å². The molecule has 4 nitrogen and oxygen atoms in total. The third-order valence-corrected chi connectivity index (χ3v) is 5.40. The molecular formula is C16H20N2O2S. The number of anilines is 1. The largest absolute Gasteiger partial charge is 0.399 e. The lowest BCUT2D eigenvalue weighted by Gasteiger charge is -2.19. The molecule has 2 aromatic rings. The lowest BCUT2D eigenvalue weighted by molar-refractivity contribution is 0.466. The van der Waals surface area contributed by atoms with Crippen molar-refractivity contribution >= 4 is 15.7 Å². The Morgan fingerprint density at radius 3 is 2.33 bits per heavy atom. The summed E-state index contributed by atoms with van der Waals surface area (Å²) in [5.74, 6) is 0. The van der Waals surface area contributed by atoms with Crippen molar-refractivity contribution in [2.75, 3.05) is 12.8 Å². The third-order valence-electron chi connectivity index (χ3n) is 3.60. The molecule has 0 radical (unpaired) electrons. The first-order valence-electron chi connectivity index (χ1n) is 6.69. The average Bonchev–Trinajstić information content (AvgIpc) is 2.44. The van der Waals surface area contributed by atoms with E-state index >= 15 is 0 Å². The Kier molecular flexibility index (Phi) is 4.34. The Morgan fingerprint density at radius 1 is 1.05 bits per heavy atom. The Balaban J connectivity index is 2.30. The van der Waals surface area contributed by atoms with Crippen molar-refractivity contribution in [3.63, 3.8) is 0 Å². The molecule has 2 rings (SSSR count). The lowest BCUT2D eigenvalue weighted by atomic mass is 10.1. The predicted molar refractivity (Wildman–Crippen MR) is 85.4 cm³/mol. The van der Waals surface area contributed by atoms with Gasteiger partial charge < -0.3 is 5.73 Å². The van der Waals surface area contributed by atoms with Gasteiger partial charge in [-0.25, -0.2) is 8.42 Å². The van der Waals surface area contributed by atoms with Gasteiger partial charge in [0.25, 0.3) is 0 Å². The summed E-state index contributed by atoms with van der Waals surface area (Å²) >= 11 is 0. The van der Waals surface area contributed by atoms with Crippen molar-refractivity contribution < 1.29 is 8.42 Å². The summed E-state index contributed by atoms with van der Waals surface area (Å²) in [5.41, 5.74) is 9.17. The third kappa shape index (κ3) is 3.25. The highest BCUT2D eigenvalue weighted by Gasteiger charge is 2.21. The van der Waals surface area contributed by atoms with Gasteiger partial charge in [0, 0.05) is 19.3 Å². The van der Waals surface area contributed by atoms with Crippen LogP contribution < -0.4 is 5.73 Å². The van der Waals surface area contributed by atoms with E-state index in [0.717, 1.165) is 16.7 Å². The second-order valence-electron chi connectivity index (χ2n) is 5.21. The maximum absolute atomic E-state index is 12.6. The predicted octanol–water partition coefficient (Wildman–Crippen LogP) is 2.71. The summed E-state index contributed by atoms with van der Waals surface area (Å²) in [6.07, 6.45) is 0. The highest BCUT2D eigenvalue weighted by atomic mass is 32.2. The molecule has 0 aliphatic rings. The number of hydrogen-bond acceptors (Lipinski definition) is 3. The van der Waals surface area contributed by atoms with E-state index in [9.17, 15) is 8.42 Å². The molecule has 0 bridgehead atoms. The summed E-state index contributed by atoms with van der Waals surface area (Å²) in [4.78, 5) is 0.269. The van der Waals surface area contributed by atoms with Gasteiger partial charge in [-0.3, -0.25) is 0 Å². The fourth-order valence-corrected chi connectivity index (χ4v) is 3.34. The van der Waals surface area contributed by atoms with Crippen LogP contribution in [-0.2, 0) is 16.6 Å². The van der Waals surface area contributed by atoms with Crippen LogP contribution in [0.4, 0.5) is 5.69 Å². The average molecular weight is 304 g/mol. The summed E-state index contributed by atoms with van der Waals surface area (Å²) in [6, 6.07) is 12.6. The Morgan fingerprint density at radius 2 is 1.71 bits per heavy atom. The molecule has 0 atom stereocenters. The molecule has 0 heterocycles. The van der Waals surface area contributed by atoms with Crippen LogP contribution in [0.5, 0.6) is 0 Å². The van der Waals surface area contributed by atoms with Gasteiger partial charge in [-0.2, -0.15) is 4.31 Å². The normalized spacial score (nSPS) is 11.8. The van der Waals surface area contributed by atoms with E-state index in [1.165, 1.54) is 4.31 Å². The number of hydrogen-bond donors (Lipinski definition) is 1. The van der Waals surface area contributed by atoms with Gasteiger partial charge in [0.15, 0.2) is 0 Å². The second kappa shape index (κ2) is 5.87. The van der Waals surface area contributed by atoms with Crippen molar-refractivity contribution in [1.82, 2.24) is 4.31 Å². The number of rotatable bonds is 4. The summed E-state index contributed by atoms with van der Waals surface area (Å²) in [5, 5.41) is 0. The van der Waals surface area contributed by atoms with Crippen LogP contribution in [0.25, 0.3) is 0 Å². The molecule has 0 unspecified atom stereocenters. The molecule has 2 aromatic carbocycles. The van der Waals surface area contributed by atoms with Gasteiger partial charge in [-0.15, -0.1) is 0 Å². The topological polar surface area (TPSA) is 63.4 Å². The van der Waals surface area contributed by atoms with E-state index in [1.807, 2.05) is 31.2 Å². The van der Waals surface area contributed by atoms with Crippen molar-refractivity contribution in [1.29, 1.82) is 0 Å². The van der Waals surface area contributed by atoms with Crippen molar-refractivity contribution in [2.45, 2.75) is 25.3 Å². The molecule has 0 spiro atoms. The van der Waals surface area contributed by atoms with E-state index in [-0.39, 0.29) is 4.90 Å². The quantitative estimate of drug-likeness (QED) is 0.883. The number of nitrogen functional groups attached to an aromatic ring is 1. The standard InChI is InChI=1S/C16H20N2O2S/c1-12-6-4-5-7-14(12)11-18(3)21(19,20)15-8-9-16(17)13(2)10-15/h4-10H,11,17H2,1-3H3. The smallest absolute Gasteiger partial charge is 0.243 e.